The van der Waals surface area contributed by atoms with Gasteiger partial charge in [0, 0.05) is 11.7 Å². The minimum Gasteiger partial charge on any atom is -0.333 e. The number of carbonyl (C=O) groups is 1. The average molecular weight is 302 g/mol. The molecule has 5 heteroatoms. The molecule has 0 unspecified atom stereocenters. The van der Waals surface area contributed by atoms with Crippen LogP contribution >= 0.6 is 11.3 Å². The van der Waals surface area contributed by atoms with Crippen LogP contribution in [0.2, 0.25) is 0 Å². The molecule has 21 heavy (non-hydrogen) atoms. The Kier molecular flexibility index (Phi) is 3.51. The summed E-state index contributed by atoms with van der Waals surface area (Å²) in [7, 11) is 0. The lowest BCUT2D eigenvalue weighted by atomic mass is 10.3. The summed E-state index contributed by atoms with van der Waals surface area (Å²) in [6.07, 6.45) is 0. The maximum atomic E-state index is 13.2. The zero-order chi connectivity index (χ0) is 15.0. The van der Waals surface area contributed by atoms with E-state index >= 15 is 0 Å². The minimum atomic E-state index is -0.368. The van der Waals surface area contributed by atoms with Gasteiger partial charge in [-0.3, -0.25) is 4.79 Å². The van der Waals surface area contributed by atoms with Gasteiger partial charge < -0.3 is 9.88 Å². The SMILES string of the molecule is CC(C)n1c(C(=O)Nc2cccc(F)c2)cc2sccc21. The molecule has 0 atom stereocenters. The van der Waals surface area contributed by atoms with Gasteiger partial charge in [0.05, 0.1) is 10.2 Å². The van der Waals surface area contributed by atoms with Crippen molar-refractivity contribution >= 4 is 33.1 Å². The normalized spacial score (nSPS) is 11.2. The predicted octanol–water partition coefficient (Wildman–Crippen LogP) is 4.68. The second-order valence-electron chi connectivity index (χ2n) is 5.13. The average Bonchev–Trinajstić information content (AvgIpc) is 2.97. The van der Waals surface area contributed by atoms with Crippen LogP contribution in [-0.2, 0) is 0 Å². The lowest BCUT2D eigenvalue weighted by molar-refractivity contribution is 0.101. The van der Waals surface area contributed by atoms with Gasteiger partial charge in [0.1, 0.15) is 11.5 Å². The number of nitrogens with zero attached hydrogens (tertiary/aromatic N) is 1. The van der Waals surface area contributed by atoms with Crippen molar-refractivity contribution in [3.8, 4) is 0 Å². The summed E-state index contributed by atoms with van der Waals surface area (Å²) in [6, 6.07) is 9.97. The van der Waals surface area contributed by atoms with Gasteiger partial charge >= 0.3 is 0 Å². The van der Waals surface area contributed by atoms with Crippen LogP contribution in [0.4, 0.5) is 10.1 Å². The lowest BCUT2D eigenvalue weighted by Gasteiger charge is -2.14. The molecule has 2 aromatic heterocycles. The van der Waals surface area contributed by atoms with Crippen molar-refractivity contribution in [1.82, 2.24) is 4.57 Å². The molecule has 3 nitrogen and oxygen atoms in total. The Morgan fingerprint density at radius 3 is 2.81 bits per heavy atom. The number of aromatic nitrogens is 1. The molecule has 108 valence electrons. The Bertz CT molecular complexity index is 804. The third-order valence-electron chi connectivity index (χ3n) is 3.29. The minimum absolute atomic E-state index is 0.172. The number of nitrogens with one attached hydrogen (secondary N) is 1. The molecule has 0 aliphatic heterocycles. The molecule has 1 amide bonds. The van der Waals surface area contributed by atoms with Crippen molar-refractivity contribution in [3.05, 3.63) is 53.3 Å². The fourth-order valence-electron chi connectivity index (χ4n) is 2.44. The monoisotopic (exact) mass is 302 g/mol. The van der Waals surface area contributed by atoms with Gasteiger partial charge in [-0.15, -0.1) is 11.3 Å². The largest absolute Gasteiger partial charge is 0.333 e. The van der Waals surface area contributed by atoms with Crippen molar-refractivity contribution < 1.29 is 9.18 Å². The quantitative estimate of drug-likeness (QED) is 0.749. The third-order valence-corrected chi connectivity index (χ3v) is 4.14. The first-order valence-electron chi connectivity index (χ1n) is 6.71. The third kappa shape index (κ3) is 2.56. The highest BCUT2D eigenvalue weighted by molar-refractivity contribution is 7.17. The summed E-state index contributed by atoms with van der Waals surface area (Å²) in [5.74, 6) is -0.592. The first-order valence-corrected chi connectivity index (χ1v) is 7.59. The van der Waals surface area contributed by atoms with Crippen LogP contribution in [0.5, 0.6) is 0 Å². The Hall–Kier alpha value is -2.14. The van der Waals surface area contributed by atoms with Crippen molar-refractivity contribution in [2.45, 2.75) is 19.9 Å². The van der Waals surface area contributed by atoms with Gasteiger partial charge in [-0.2, -0.15) is 0 Å². The molecule has 3 aromatic rings. The van der Waals surface area contributed by atoms with Crippen molar-refractivity contribution in [1.29, 1.82) is 0 Å². The zero-order valence-corrected chi connectivity index (χ0v) is 12.6. The van der Waals surface area contributed by atoms with Crippen molar-refractivity contribution in [2.24, 2.45) is 0 Å². The molecule has 0 fully saturated rings. The van der Waals surface area contributed by atoms with E-state index in [2.05, 4.69) is 5.32 Å². The Morgan fingerprint density at radius 2 is 2.10 bits per heavy atom. The van der Waals surface area contributed by atoms with Gasteiger partial charge in [0.25, 0.3) is 5.91 Å². The number of hydrogen-bond acceptors (Lipinski definition) is 2. The van der Waals surface area contributed by atoms with Crippen molar-refractivity contribution in [3.63, 3.8) is 0 Å². The number of thiophene rings is 1. The van der Waals surface area contributed by atoms with Crippen LogP contribution in [0, 0.1) is 5.82 Å². The summed E-state index contributed by atoms with van der Waals surface area (Å²) in [5, 5.41) is 4.76. The molecular formula is C16H15FN2OS. The highest BCUT2D eigenvalue weighted by Crippen LogP contribution is 2.28. The number of fused-ring (bicyclic) bond motifs is 1. The maximum Gasteiger partial charge on any atom is 0.272 e. The van der Waals surface area contributed by atoms with Gasteiger partial charge in [-0.25, -0.2) is 4.39 Å². The molecule has 0 saturated carbocycles. The molecule has 1 N–H and O–H groups in total. The fourth-order valence-corrected chi connectivity index (χ4v) is 3.25. The van der Waals surface area contributed by atoms with E-state index in [0.717, 1.165) is 10.2 Å². The number of rotatable bonds is 3. The van der Waals surface area contributed by atoms with E-state index in [1.54, 1.807) is 23.5 Å². The van der Waals surface area contributed by atoms with Crippen LogP contribution in [0.3, 0.4) is 0 Å². The molecule has 0 aliphatic rings. The van der Waals surface area contributed by atoms with Gasteiger partial charge in [-0.05, 0) is 49.6 Å². The smallest absolute Gasteiger partial charge is 0.272 e. The summed E-state index contributed by atoms with van der Waals surface area (Å²) in [6.45, 7) is 4.08. The number of hydrogen-bond donors (Lipinski definition) is 1. The molecular weight excluding hydrogens is 287 g/mol. The van der Waals surface area contributed by atoms with E-state index in [-0.39, 0.29) is 17.8 Å². The number of carbonyl (C=O) groups excluding carboxylic acids is 1. The Balaban J connectivity index is 1.97. The van der Waals surface area contributed by atoms with E-state index < -0.39 is 0 Å². The standard InChI is InChI=1S/C16H15FN2OS/c1-10(2)19-13-6-7-21-15(13)9-14(19)16(20)18-12-5-3-4-11(17)8-12/h3-10H,1-2H3,(H,18,20). The molecule has 2 heterocycles. The molecule has 0 bridgehead atoms. The van der Waals surface area contributed by atoms with E-state index in [1.807, 2.05) is 35.9 Å². The van der Waals surface area contributed by atoms with Gasteiger partial charge in [-0.1, -0.05) is 6.07 Å². The van der Waals surface area contributed by atoms with E-state index in [0.29, 0.717) is 11.4 Å². The van der Waals surface area contributed by atoms with E-state index in [1.165, 1.54) is 12.1 Å². The summed E-state index contributed by atoms with van der Waals surface area (Å²) in [5.41, 5.74) is 2.11. The second-order valence-corrected chi connectivity index (χ2v) is 6.08. The number of halogens is 1. The first kappa shape index (κ1) is 13.8. The number of anilines is 1. The predicted molar refractivity (Wildman–Crippen MR) is 84.6 cm³/mol. The summed E-state index contributed by atoms with van der Waals surface area (Å²) < 4.78 is 16.3. The zero-order valence-electron chi connectivity index (χ0n) is 11.8. The van der Waals surface area contributed by atoms with E-state index in [4.69, 9.17) is 0 Å². The maximum absolute atomic E-state index is 13.2. The molecule has 3 rings (SSSR count). The highest BCUT2D eigenvalue weighted by Gasteiger charge is 2.18. The molecule has 0 radical (unpaired) electrons. The number of benzene rings is 1. The Morgan fingerprint density at radius 1 is 1.29 bits per heavy atom. The topological polar surface area (TPSA) is 34.0 Å². The van der Waals surface area contributed by atoms with Gasteiger partial charge in [0.2, 0.25) is 0 Å². The van der Waals surface area contributed by atoms with Crippen molar-refractivity contribution in [2.75, 3.05) is 5.32 Å². The van der Waals surface area contributed by atoms with Crippen LogP contribution < -0.4 is 5.32 Å². The fraction of sp³-hybridized carbons (Fsp3) is 0.188. The van der Waals surface area contributed by atoms with E-state index in [9.17, 15) is 9.18 Å². The first-order chi connectivity index (χ1) is 10.1. The van der Waals surface area contributed by atoms with Gasteiger partial charge in [0.15, 0.2) is 0 Å². The van der Waals surface area contributed by atoms with Crippen LogP contribution in [-0.4, -0.2) is 10.5 Å². The summed E-state index contributed by atoms with van der Waals surface area (Å²) in [4.78, 5) is 12.5. The molecule has 0 spiro atoms. The molecule has 0 saturated heterocycles. The summed E-state index contributed by atoms with van der Waals surface area (Å²) >= 11 is 1.61. The second kappa shape index (κ2) is 5.33. The van der Waals surface area contributed by atoms with Crippen LogP contribution in [0.1, 0.15) is 30.4 Å². The Labute approximate surface area is 126 Å². The number of amides is 1. The highest BCUT2D eigenvalue weighted by atomic mass is 32.1. The molecule has 1 aromatic carbocycles. The lowest BCUT2D eigenvalue weighted by Crippen LogP contribution is -2.18. The van der Waals surface area contributed by atoms with Crippen LogP contribution in [0.15, 0.2) is 41.8 Å². The van der Waals surface area contributed by atoms with Crippen LogP contribution in [0.25, 0.3) is 10.2 Å². The molecule has 0 aliphatic carbocycles.